The van der Waals surface area contributed by atoms with Crippen LogP contribution in [0.2, 0.25) is 5.02 Å². The molecule has 10 heteroatoms. The molecular weight excluding hydrogens is 447 g/mol. The second-order valence-corrected chi connectivity index (χ2v) is 7.45. The number of ether oxygens (including phenoxy) is 1. The highest BCUT2D eigenvalue weighted by atomic mass is 35.5. The number of halogens is 4. The van der Waals surface area contributed by atoms with Crippen molar-refractivity contribution in [2.45, 2.75) is 19.6 Å². The molecule has 2 aromatic carbocycles. The summed E-state index contributed by atoms with van der Waals surface area (Å²) >= 11 is 5.89. The summed E-state index contributed by atoms with van der Waals surface area (Å²) in [6.45, 7) is -0.297. The Kier molecular flexibility index (Phi) is 6.88. The second kappa shape index (κ2) is 9.44. The van der Waals surface area contributed by atoms with E-state index < -0.39 is 29.8 Å². The molecule has 3 aromatic rings. The normalized spacial score (nSPS) is 11.3. The molecule has 0 spiro atoms. The lowest BCUT2D eigenvalue weighted by molar-refractivity contribution is -0.141. The summed E-state index contributed by atoms with van der Waals surface area (Å²) in [7, 11) is 1.46. The van der Waals surface area contributed by atoms with Gasteiger partial charge in [-0.15, -0.1) is 0 Å². The zero-order valence-corrected chi connectivity index (χ0v) is 17.9. The van der Waals surface area contributed by atoms with Crippen molar-refractivity contribution in [3.63, 3.8) is 0 Å². The molecule has 0 unspecified atom stereocenters. The van der Waals surface area contributed by atoms with Crippen LogP contribution in [0, 0.1) is 6.92 Å². The first-order chi connectivity index (χ1) is 15.1. The second-order valence-electron chi connectivity index (χ2n) is 7.01. The molecule has 168 valence electrons. The number of hydrogen-bond donors (Lipinski definition) is 0. The van der Waals surface area contributed by atoms with Gasteiger partial charge in [-0.2, -0.15) is 18.3 Å². The van der Waals surface area contributed by atoms with E-state index in [-0.39, 0.29) is 6.54 Å². The predicted molar refractivity (Wildman–Crippen MR) is 113 cm³/mol. The predicted octanol–water partition coefficient (Wildman–Crippen LogP) is 4.41. The van der Waals surface area contributed by atoms with Crippen LogP contribution in [-0.4, -0.2) is 40.4 Å². The molecule has 0 atom stereocenters. The standard InChI is InChI=1S/C22H19ClF3N3O3/c1-14-11-19(30)20(27-29(14)17-7-5-16(23)6-8-17)21(31)28(13-22(24,25)26)12-15-3-9-18(32-2)10-4-15/h3-11H,12-13H2,1-2H3. The molecule has 0 fully saturated rings. The van der Waals surface area contributed by atoms with E-state index in [9.17, 15) is 22.8 Å². The molecule has 0 aliphatic carbocycles. The number of carbonyl (C=O) groups is 1. The number of alkyl halides is 3. The number of carbonyl (C=O) groups excluding carboxylic acids is 1. The molecule has 0 radical (unpaired) electrons. The number of rotatable bonds is 6. The van der Waals surface area contributed by atoms with Gasteiger partial charge >= 0.3 is 6.18 Å². The summed E-state index contributed by atoms with van der Waals surface area (Å²) in [5.41, 5.74) is -0.0265. The highest BCUT2D eigenvalue weighted by Crippen LogP contribution is 2.21. The maximum Gasteiger partial charge on any atom is 0.406 e. The Bertz CT molecular complexity index is 1160. The van der Waals surface area contributed by atoms with Gasteiger partial charge in [0.25, 0.3) is 5.91 Å². The lowest BCUT2D eigenvalue weighted by Crippen LogP contribution is -2.41. The van der Waals surface area contributed by atoms with Gasteiger partial charge in [0.05, 0.1) is 12.8 Å². The zero-order valence-electron chi connectivity index (χ0n) is 17.2. The van der Waals surface area contributed by atoms with Gasteiger partial charge in [0.1, 0.15) is 12.3 Å². The average molecular weight is 466 g/mol. The fourth-order valence-electron chi connectivity index (χ4n) is 3.06. The van der Waals surface area contributed by atoms with E-state index in [1.165, 1.54) is 11.8 Å². The Morgan fingerprint density at radius 1 is 1.12 bits per heavy atom. The Balaban J connectivity index is 1.99. The molecule has 32 heavy (non-hydrogen) atoms. The van der Waals surface area contributed by atoms with Crippen LogP contribution in [0.1, 0.15) is 21.7 Å². The van der Waals surface area contributed by atoms with Crippen molar-refractivity contribution in [3.05, 3.63) is 86.8 Å². The molecule has 0 bridgehead atoms. The highest BCUT2D eigenvalue weighted by molar-refractivity contribution is 6.30. The molecule has 0 N–H and O–H groups in total. The summed E-state index contributed by atoms with van der Waals surface area (Å²) in [5, 5.41) is 4.55. The highest BCUT2D eigenvalue weighted by Gasteiger charge is 2.34. The summed E-state index contributed by atoms with van der Waals surface area (Å²) in [6, 6.07) is 13.8. The van der Waals surface area contributed by atoms with E-state index in [1.807, 2.05) is 0 Å². The number of nitrogens with zero attached hydrogens (tertiary/aromatic N) is 3. The molecule has 1 aromatic heterocycles. The topological polar surface area (TPSA) is 64.4 Å². The number of benzene rings is 2. The molecule has 0 aliphatic heterocycles. The van der Waals surface area contributed by atoms with Crippen LogP contribution in [0.15, 0.2) is 59.4 Å². The van der Waals surface area contributed by atoms with Crippen molar-refractivity contribution in [1.82, 2.24) is 14.7 Å². The van der Waals surface area contributed by atoms with Crippen molar-refractivity contribution >= 4 is 17.5 Å². The van der Waals surface area contributed by atoms with Gasteiger partial charge in [-0.1, -0.05) is 23.7 Å². The third kappa shape index (κ3) is 5.67. The SMILES string of the molecule is COc1ccc(CN(CC(F)(F)F)C(=O)c2nn(-c3ccc(Cl)cc3)c(C)cc2=O)cc1. The maximum atomic E-state index is 13.2. The molecule has 0 saturated heterocycles. The smallest absolute Gasteiger partial charge is 0.406 e. The van der Waals surface area contributed by atoms with Crippen molar-refractivity contribution < 1.29 is 22.7 Å². The Hall–Kier alpha value is -3.33. The molecule has 1 heterocycles. The van der Waals surface area contributed by atoms with Gasteiger partial charge in [0.2, 0.25) is 5.43 Å². The summed E-state index contributed by atoms with van der Waals surface area (Å²) in [4.78, 5) is 26.1. The van der Waals surface area contributed by atoms with Crippen molar-refractivity contribution in [3.8, 4) is 11.4 Å². The monoisotopic (exact) mass is 465 g/mol. The van der Waals surface area contributed by atoms with Crippen LogP contribution in [0.4, 0.5) is 13.2 Å². The molecular formula is C22H19ClF3N3O3. The fourth-order valence-corrected chi connectivity index (χ4v) is 3.18. The van der Waals surface area contributed by atoms with E-state index >= 15 is 0 Å². The van der Waals surface area contributed by atoms with Crippen molar-refractivity contribution in [1.29, 1.82) is 0 Å². The Labute approximate surface area is 186 Å². The summed E-state index contributed by atoms with van der Waals surface area (Å²) < 4.78 is 46.0. The number of amides is 1. The van der Waals surface area contributed by atoms with Crippen molar-refractivity contribution in [2.24, 2.45) is 0 Å². The molecule has 3 rings (SSSR count). The fraction of sp³-hybridized carbons (Fsp3) is 0.227. The van der Waals surface area contributed by atoms with Crippen LogP contribution in [-0.2, 0) is 6.54 Å². The van der Waals surface area contributed by atoms with Crippen LogP contribution in [0.5, 0.6) is 5.75 Å². The number of aryl methyl sites for hydroxylation is 1. The van der Waals surface area contributed by atoms with Gasteiger partial charge < -0.3 is 9.64 Å². The first kappa shape index (κ1) is 23.3. The van der Waals surface area contributed by atoms with Crippen molar-refractivity contribution in [2.75, 3.05) is 13.7 Å². The first-order valence-electron chi connectivity index (χ1n) is 9.43. The van der Waals surface area contributed by atoms with Crippen LogP contribution >= 0.6 is 11.6 Å². The van der Waals surface area contributed by atoms with Crippen LogP contribution in [0.25, 0.3) is 5.69 Å². The van der Waals surface area contributed by atoms with Crippen LogP contribution in [0.3, 0.4) is 0 Å². The molecule has 6 nitrogen and oxygen atoms in total. The van der Waals surface area contributed by atoms with Gasteiger partial charge in [0, 0.05) is 23.3 Å². The number of aromatic nitrogens is 2. The quantitative estimate of drug-likeness (QED) is 0.541. The summed E-state index contributed by atoms with van der Waals surface area (Å²) in [5.74, 6) is -0.598. The average Bonchev–Trinajstić information content (AvgIpc) is 2.73. The number of hydrogen-bond acceptors (Lipinski definition) is 4. The lowest BCUT2D eigenvalue weighted by atomic mass is 10.2. The Morgan fingerprint density at radius 2 is 1.75 bits per heavy atom. The minimum absolute atomic E-state index is 0.363. The Morgan fingerprint density at radius 3 is 2.31 bits per heavy atom. The van der Waals surface area contributed by atoms with E-state index in [0.29, 0.717) is 32.6 Å². The van der Waals surface area contributed by atoms with E-state index in [4.69, 9.17) is 16.3 Å². The molecule has 1 amide bonds. The molecule has 0 saturated carbocycles. The van der Waals surface area contributed by atoms with E-state index in [1.54, 1.807) is 55.5 Å². The third-order valence-electron chi connectivity index (χ3n) is 4.57. The van der Waals surface area contributed by atoms with E-state index in [2.05, 4.69) is 5.10 Å². The van der Waals surface area contributed by atoms with Gasteiger partial charge in [-0.05, 0) is 48.9 Å². The number of methoxy groups -OCH3 is 1. The van der Waals surface area contributed by atoms with Gasteiger partial charge in [-0.3, -0.25) is 9.59 Å². The maximum absolute atomic E-state index is 13.2. The first-order valence-corrected chi connectivity index (χ1v) is 9.81. The van der Waals surface area contributed by atoms with Crippen LogP contribution < -0.4 is 10.2 Å². The largest absolute Gasteiger partial charge is 0.497 e. The van der Waals surface area contributed by atoms with Gasteiger partial charge in [0.15, 0.2) is 5.69 Å². The zero-order chi connectivity index (χ0) is 23.5. The minimum Gasteiger partial charge on any atom is -0.497 e. The molecule has 0 aliphatic rings. The minimum atomic E-state index is -4.66. The lowest BCUT2D eigenvalue weighted by Gasteiger charge is -2.24. The third-order valence-corrected chi connectivity index (χ3v) is 4.82. The van der Waals surface area contributed by atoms with E-state index in [0.717, 1.165) is 6.07 Å². The summed E-state index contributed by atoms with van der Waals surface area (Å²) in [6.07, 6.45) is -4.66. The van der Waals surface area contributed by atoms with Gasteiger partial charge in [-0.25, -0.2) is 4.68 Å².